The van der Waals surface area contributed by atoms with Crippen molar-refractivity contribution >= 4 is 46.2 Å². The van der Waals surface area contributed by atoms with Gasteiger partial charge in [0.15, 0.2) is 5.13 Å². The van der Waals surface area contributed by atoms with E-state index in [0.717, 1.165) is 11.3 Å². The van der Waals surface area contributed by atoms with E-state index in [9.17, 15) is 9.59 Å². The number of hydrogen-bond donors (Lipinski definition) is 1. The first kappa shape index (κ1) is 14.4. The summed E-state index contributed by atoms with van der Waals surface area (Å²) in [6.45, 7) is 1.84. The Labute approximate surface area is 112 Å². The van der Waals surface area contributed by atoms with Crippen LogP contribution in [0.25, 0.3) is 0 Å². The molecule has 9 heteroatoms. The highest BCUT2D eigenvalue weighted by Crippen LogP contribution is 2.28. The van der Waals surface area contributed by atoms with Crippen molar-refractivity contribution in [3.63, 3.8) is 0 Å². The summed E-state index contributed by atoms with van der Waals surface area (Å²) in [4.78, 5) is 30.4. The summed E-state index contributed by atoms with van der Waals surface area (Å²) in [7, 11) is 1.28. The lowest BCUT2D eigenvalue weighted by molar-refractivity contribution is -0.135. The predicted octanol–water partition coefficient (Wildman–Crippen LogP) is 1.28. The maximum absolute atomic E-state index is 11.6. The molecule has 98 valence electrons. The number of hydrogen-bond acceptors (Lipinski definition) is 7. The average molecular weight is 292 g/mol. The zero-order valence-corrected chi connectivity index (χ0v) is 11.2. The third kappa shape index (κ3) is 3.41. The highest BCUT2D eigenvalue weighted by molar-refractivity contribution is 7.20. The molecule has 0 unspecified atom stereocenters. The average Bonchev–Trinajstić information content (AvgIpc) is 2.68. The molecule has 0 atom stereocenters. The summed E-state index contributed by atoms with van der Waals surface area (Å²) in [5.74, 6) is -0.704. The van der Waals surface area contributed by atoms with Crippen LogP contribution in [0.15, 0.2) is 5.16 Å². The van der Waals surface area contributed by atoms with Gasteiger partial charge < -0.3 is 14.9 Å². The SMILES string of the molecule is CCOC(=O)C(=NOC)c1nc(NC=O)sc1Cl. The molecule has 0 fully saturated rings. The summed E-state index contributed by atoms with van der Waals surface area (Å²) in [6, 6.07) is 0. The molecule has 1 aromatic rings. The van der Waals surface area contributed by atoms with Gasteiger partial charge in [-0.25, -0.2) is 9.78 Å². The summed E-state index contributed by atoms with van der Waals surface area (Å²) in [5, 5.41) is 6.11. The molecule has 1 N–H and O–H groups in total. The number of amides is 1. The number of esters is 1. The van der Waals surface area contributed by atoms with Crippen molar-refractivity contribution in [2.24, 2.45) is 5.16 Å². The van der Waals surface area contributed by atoms with Crippen LogP contribution in [0.4, 0.5) is 5.13 Å². The van der Waals surface area contributed by atoms with Crippen LogP contribution in [-0.4, -0.2) is 36.8 Å². The van der Waals surface area contributed by atoms with Gasteiger partial charge >= 0.3 is 5.97 Å². The number of nitrogens with zero attached hydrogens (tertiary/aromatic N) is 2. The fourth-order valence-electron chi connectivity index (χ4n) is 1.03. The van der Waals surface area contributed by atoms with E-state index < -0.39 is 5.97 Å². The van der Waals surface area contributed by atoms with Crippen LogP contribution in [0, 0.1) is 0 Å². The molecule has 7 nitrogen and oxygen atoms in total. The lowest BCUT2D eigenvalue weighted by Crippen LogP contribution is -2.20. The van der Waals surface area contributed by atoms with Crippen LogP contribution in [0.3, 0.4) is 0 Å². The van der Waals surface area contributed by atoms with E-state index >= 15 is 0 Å². The van der Waals surface area contributed by atoms with Crippen molar-refractivity contribution in [2.75, 3.05) is 19.0 Å². The molecule has 0 aliphatic rings. The molecule has 1 aromatic heterocycles. The van der Waals surface area contributed by atoms with Crippen LogP contribution in [0.5, 0.6) is 0 Å². The molecule has 0 saturated carbocycles. The van der Waals surface area contributed by atoms with E-state index in [1.54, 1.807) is 6.92 Å². The third-order valence-corrected chi connectivity index (χ3v) is 2.83. The van der Waals surface area contributed by atoms with Crippen molar-refractivity contribution in [3.05, 3.63) is 10.0 Å². The Bertz CT molecular complexity index is 474. The highest BCUT2D eigenvalue weighted by atomic mass is 35.5. The normalized spacial score (nSPS) is 10.9. The molecule has 0 radical (unpaired) electrons. The number of carbonyl (C=O) groups is 2. The molecule has 18 heavy (non-hydrogen) atoms. The van der Waals surface area contributed by atoms with Crippen molar-refractivity contribution < 1.29 is 19.2 Å². The lowest BCUT2D eigenvalue weighted by Gasteiger charge is -2.02. The number of aromatic nitrogens is 1. The van der Waals surface area contributed by atoms with E-state index in [1.165, 1.54) is 7.11 Å². The number of carbonyl (C=O) groups excluding carboxylic acids is 2. The molecular weight excluding hydrogens is 282 g/mol. The smallest absolute Gasteiger partial charge is 0.362 e. The maximum Gasteiger partial charge on any atom is 0.362 e. The zero-order chi connectivity index (χ0) is 13.5. The van der Waals surface area contributed by atoms with Gasteiger partial charge in [-0.05, 0) is 6.92 Å². The molecule has 1 heterocycles. The number of thiazole rings is 1. The Kier molecular flexibility index (Phi) is 5.53. The number of anilines is 1. The van der Waals surface area contributed by atoms with Gasteiger partial charge in [0.2, 0.25) is 12.1 Å². The zero-order valence-electron chi connectivity index (χ0n) is 9.60. The van der Waals surface area contributed by atoms with Gasteiger partial charge in [0.25, 0.3) is 0 Å². The Hall–Kier alpha value is -1.67. The quantitative estimate of drug-likeness (QED) is 0.369. The van der Waals surface area contributed by atoms with E-state index in [-0.39, 0.29) is 27.5 Å². The third-order valence-electron chi connectivity index (χ3n) is 1.64. The second-order valence-corrected chi connectivity index (χ2v) is 4.35. The first-order chi connectivity index (χ1) is 8.63. The van der Waals surface area contributed by atoms with Crippen LogP contribution in [0.2, 0.25) is 4.34 Å². The van der Waals surface area contributed by atoms with Crippen LogP contribution < -0.4 is 5.32 Å². The Morgan fingerprint density at radius 2 is 2.39 bits per heavy atom. The second kappa shape index (κ2) is 6.92. The molecule has 0 spiro atoms. The highest BCUT2D eigenvalue weighted by Gasteiger charge is 2.23. The van der Waals surface area contributed by atoms with Crippen molar-refractivity contribution in [2.45, 2.75) is 6.92 Å². The molecule has 0 bridgehead atoms. The fourth-order valence-corrected chi connectivity index (χ4v) is 2.03. The van der Waals surface area contributed by atoms with Crippen LogP contribution >= 0.6 is 22.9 Å². The molecule has 0 aliphatic heterocycles. The van der Waals surface area contributed by atoms with Gasteiger partial charge in [0, 0.05) is 0 Å². The number of nitrogens with one attached hydrogen (secondary N) is 1. The fraction of sp³-hybridized carbons (Fsp3) is 0.333. The standard InChI is InChI=1S/C9H10ClN3O4S/c1-3-17-8(15)6(13-16-2)5-7(10)18-9(12-5)11-4-14/h4H,3H2,1-2H3,(H,11,12,14). The van der Waals surface area contributed by atoms with Gasteiger partial charge in [-0.3, -0.25) is 4.79 Å². The Morgan fingerprint density at radius 1 is 1.67 bits per heavy atom. The van der Waals surface area contributed by atoms with Crippen LogP contribution in [-0.2, 0) is 19.2 Å². The van der Waals surface area contributed by atoms with Crippen molar-refractivity contribution in [1.82, 2.24) is 4.98 Å². The molecule has 0 saturated heterocycles. The monoisotopic (exact) mass is 291 g/mol. The van der Waals surface area contributed by atoms with Gasteiger partial charge in [0.05, 0.1) is 6.61 Å². The van der Waals surface area contributed by atoms with Gasteiger partial charge in [-0.1, -0.05) is 28.1 Å². The van der Waals surface area contributed by atoms with Gasteiger partial charge in [0.1, 0.15) is 17.1 Å². The first-order valence-corrected chi connectivity index (χ1v) is 5.98. The van der Waals surface area contributed by atoms with E-state index in [4.69, 9.17) is 16.3 Å². The summed E-state index contributed by atoms with van der Waals surface area (Å²) in [5.41, 5.74) is -0.0501. The summed E-state index contributed by atoms with van der Waals surface area (Å²) >= 11 is 6.91. The largest absolute Gasteiger partial charge is 0.461 e. The predicted molar refractivity (Wildman–Crippen MR) is 67.0 cm³/mol. The topological polar surface area (TPSA) is 89.9 Å². The van der Waals surface area contributed by atoms with Gasteiger partial charge in [-0.2, -0.15) is 0 Å². The van der Waals surface area contributed by atoms with Crippen molar-refractivity contribution in [1.29, 1.82) is 0 Å². The minimum atomic E-state index is -0.704. The second-order valence-electron chi connectivity index (χ2n) is 2.75. The van der Waals surface area contributed by atoms with Gasteiger partial charge in [-0.15, -0.1) is 0 Å². The summed E-state index contributed by atoms with van der Waals surface area (Å²) in [6.07, 6.45) is 0.455. The Morgan fingerprint density at radius 3 is 2.94 bits per heavy atom. The number of ether oxygens (including phenoxy) is 1. The van der Waals surface area contributed by atoms with Crippen molar-refractivity contribution in [3.8, 4) is 0 Å². The Balaban J connectivity index is 3.09. The van der Waals surface area contributed by atoms with Crippen LogP contribution in [0.1, 0.15) is 12.6 Å². The number of rotatable bonds is 6. The molecular formula is C9H10ClN3O4S. The van der Waals surface area contributed by atoms with E-state index in [2.05, 4.69) is 20.3 Å². The lowest BCUT2D eigenvalue weighted by atomic mass is 10.3. The number of halogens is 1. The molecule has 0 aromatic carbocycles. The van der Waals surface area contributed by atoms with E-state index in [1.807, 2.05) is 0 Å². The van der Waals surface area contributed by atoms with E-state index in [0.29, 0.717) is 6.41 Å². The molecule has 1 rings (SSSR count). The summed E-state index contributed by atoms with van der Waals surface area (Å²) < 4.78 is 5.00. The molecule has 0 aliphatic carbocycles. The maximum atomic E-state index is 11.6. The number of oxime groups is 1. The molecule has 1 amide bonds. The minimum Gasteiger partial charge on any atom is -0.461 e. The minimum absolute atomic E-state index is 0.103. The first-order valence-electron chi connectivity index (χ1n) is 4.79.